The summed E-state index contributed by atoms with van der Waals surface area (Å²) in [4.78, 5) is 39.0. The Bertz CT molecular complexity index is 923. The molecule has 0 bridgehead atoms. The van der Waals surface area contributed by atoms with E-state index in [1.54, 1.807) is 49.5 Å². The normalized spacial score (nSPS) is 16.0. The summed E-state index contributed by atoms with van der Waals surface area (Å²) in [5, 5.41) is 7.49. The van der Waals surface area contributed by atoms with Crippen LogP contribution in [0.15, 0.2) is 59.0 Å². The second-order valence-electron chi connectivity index (χ2n) is 5.59. The fraction of sp³-hybridized carbons (Fsp3) is 0.111. The van der Waals surface area contributed by atoms with E-state index < -0.39 is 17.8 Å². The largest absolute Gasteiger partial charge is 0.423 e. The molecule has 9 heteroatoms. The first-order chi connectivity index (χ1) is 13.0. The Labute approximate surface area is 154 Å². The number of hydrogen-bond acceptors (Lipinski definition) is 7. The van der Waals surface area contributed by atoms with Crippen molar-refractivity contribution in [2.75, 3.05) is 0 Å². The zero-order valence-electron chi connectivity index (χ0n) is 14.2. The lowest BCUT2D eigenvalue weighted by molar-refractivity contribution is -0.122. The van der Waals surface area contributed by atoms with Gasteiger partial charge in [0.2, 0.25) is 5.91 Å². The molecule has 0 radical (unpaired) electrons. The third-order valence-electron chi connectivity index (χ3n) is 3.69. The van der Waals surface area contributed by atoms with E-state index in [4.69, 9.17) is 4.74 Å². The van der Waals surface area contributed by atoms with Crippen molar-refractivity contribution in [1.82, 2.24) is 15.8 Å². The molecule has 1 aliphatic heterocycles. The average Bonchev–Trinajstić information content (AvgIpc) is 3.02. The van der Waals surface area contributed by atoms with E-state index >= 15 is 0 Å². The Morgan fingerprint density at radius 1 is 1.26 bits per heavy atom. The Balaban J connectivity index is 1.54. The van der Waals surface area contributed by atoms with E-state index in [9.17, 15) is 14.4 Å². The van der Waals surface area contributed by atoms with E-state index in [2.05, 4.69) is 26.0 Å². The number of rotatable bonds is 5. The van der Waals surface area contributed by atoms with Gasteiger partial charge < -0.3 is 4.74 Å². The number of hydrogen-bond donors (Lipinski definition) is 2. The summed E-state index contributed by atoms with van der Waals surface area (Å²) in [7, 11) is 0. The van der Waals surface area contributed by atoms with Crippen molar-refractivity contribution in [2.24, 2.45) is 16.1 Å². The van der Waals surface area contributed by atoms with Gasteiger partial charge in [0.05, 0.1) is 17.7 Å². The molecule has 2 aromatic rings. The van der Waals surface area contributed by atoms with Crippen LogP contribution in [0.25, 0.3) is 0 Å². The molecular formula is C18H15N5O4. The molecule has 2 N–H and O–H groups in total. The fourth-order valence-electron chi connectivity index (χ4n) is 2.17. The maximum absolute atomic E-state index is 11.9. The Hall–Kier alpha value is -3.88. The molecule has 1 atom stereocenters. The molecule has 0 saturated heterocycles. The number of nitrogens with zero attached hydrogens (tertiary/aromatic N) is 3. The predicted molar refractivity (Wildman–Crippen MR) is 96.1 cm³/mol. The second-order valence-corrected chi connectivity index (χ2v) is 5.59. The number of carbonyl (C=O) groups excluding carboxylic acids is 3. The minimum Gasteiger partial charge on any atom is -0.423 e. The summed E-state index contributed by atoms with van der Waals surface area (Å²) in [6.45, 7) is 1.58. The summed E-state index contributed by atoms with van der Waals surface area (Å²) >= 11 is 0. The Morgan fingerprint density at radius 3 is 2.67 bits per heavy atom. The third-order valence-corrected chi connectivity index (χ3v) is 3.69. The van der Waals surface area contributed by atoms with Gasteiger partial charge in [0.1, 0.15) is 11.5 Å². The van der Waals surface area contributed by atoms with E-state index in [0.29, 0.717) is 16.9 Å². The molecule has 1 unspecified atom stereocenters. The lowest BCUT2D eigenvalue weighted by Crippen LogP contribution is -2.32. The molecule has 3 rings (SSSR count). The fourth-order valence-corrected chi connectivity index (χ4v) is 2.17. The van der Waals surface area contributed by atoms with Crippen LogP contribution in [0, 0.1) is 5.92 Å². The number of ether oxygens (including phenoxy) is 1. The molecule has 1 aromatic heterocycles. The number of pyridine rings is 1. The van der Waals surface area contributed by atoms with Crippen LogP contribution < -0.4 is 15.6 Å². The summed E-state index contributed by atoms with van der Waals surface area (Å²) in [5.41, 5.74) is 5.64. The van der Waals surface area contributed by atoms with Crippen molar-refractivity contribution in [3.05, 3.63) is 59.9 Å². The number of carbonyl (C=O) groups is 3. The quantitative estimate of drug-likeness (QED) is 0.352. The van der Waals surface area contributed by atoms with Crippen LogP contribution >= 0.6 is 0 Å². The van der Waals surface area contributed by atoms with E-state index in [0.717, 1.165) is 0 Å². The molecule has 2 heterocycles. The molecule has 2 amide bonds. The van der Waals surface area contributed by atoms with Gasteiger partial charge in [-0.25, -0.2) is 15.6 Å². The molecule has 0 saturated carbocycles. The monoisotopic (exact) mass is 365 g/mol. The lowest BCUT2D eigenvalue weighted by Gasteiger charge is -2.04. The highest BCUT2D eigenvalue weighted by atomic mass is 16.5. The number of hydrazone groups is 2. The smallest absolute Gasteiger partial charge is 0.345 e. The highest BCUT2D eigenvalue weighted by Crippen LogP contribution is 2.13. The summed E-state index contributed by atoms with van der Waals surface area (Å²) in [6.07, 6.45) is 4.41. The van der Waals surface area contributed by atoms with Gasteiger partial charge in [-0.3, -0.25) is 14.6 Å². The van der Waals surface area contributed by atoms with Crippen molar-refractivity contribution in [2.45, 2.75) is 6.92 Å². The molecule has 1 aliphatic rings. The van der Waals surface area contributed by atoms with Crippen LogP contribution in [-0.4, -0.2) is 34.7 Å². The van der Waals surface area contributed by atoms with Gasteiger partial charge in [-0.2, -0.15) is 10.2 Å². The molecule has 0 aliphatic carbocycles. The molecular weight excluding hydrogens is 350 g/mol. The predicted octanol–water partition coefficient (Wildman–Crippen LogP) is 0.873. The zero-order valence-corrected chi connectivity index (χ0v) is 14.2. The van der Waals surface area contributed by atoms with Crippen LogP contribution in [0.1, 0.15) is 22.8 Å². The van der Waals surface area contributed by atoms with Crippen molar-refractivity contribution in [1.29, 1.82) is 0 Å². The van der Waals surface area contributed by atoms with E-state index in [1.807, 2.05) is 0 Å². The van der Waals surface area contributed by atoms with Crippen molar-refractivity contribution in [3.63, 3.8) is 0 Å². The topological polar surface area (TPSA) is 122 Å². The van der Waals surface area contributed by atoms with Crippen molar-refractivity contribution < 1.29 is 19.1 Å². The minimum atomic E-state index is -0.617. The molecule has 9 nitrogen and oxygen atoms in total. The van der Waals surface area contributed by atoms with E-state index in [1.165, 1.54) is 12.4 Å². The number of benzene rings is 1. The lowest BCUT2D eigenvalue weighted by atomic mass is 10.1. The second kappa shape index (κ2) is 8.00. The molecule has 1 aromatic carbocycles. The number of esters is 1. The maximum Gasteiger partial charge on any atom is 0.345 e. The zero-order chi connectivity index (χ0) is 19.2. The van der Waals surface area contributed by atoms with E-state index in [-0.39, 0.29) is 11.6 Å². The van der Waals surface area contributed by atoms with Crippen LogP contribution in [0.5, 0.6) is 5.75 Å². The van der Waals surface area contributed by atoms with Gasteiger partial charge in [-0.1, -0.05) is 0 Å². The van der Waals surface area contributed by atoms with Crippen molar-refractivity contribution >= 4 is 29.7 Å². The first-order valence-electron chi connectivity index (χ1n) is 7.97. The highest BCUT2D eigenvalue weighted by molar-refractivity contribution is 6.44. The summed E-state index contributed by atoms with van der Waals surface area (Å²) in [6, 6.07) is 9.79. The first kappa shape index (κ1) is 17.9. The molecule has 0 fully saturated rings. The SMILES string of the molecule is CC1C(=O)NN=C1C(=O)NN=Cc1ccc(OC(=O)c2cccnc2)cc1. The average molecular weight is 365 g/mol. The number of aromatic nitrogens is 1. The van der Waals surface area contributed by atoms with Gasteiger partial charge in [-0.05, 0) is 48.9 Å². The third kappa shape index (κ3) is 4.40. The Kier molecular flexibility index (Phi) is 5.31. The van der Waals surface area contributed by atoms with Crippen LogP contribution in [0.4, 0.5) is 0 Å². The molecule has 27 heavy (non-hydrogen) atoms. The maximum atomic E-state index is 11.9. The summed E-state index contributed by atoms with van der Waals surface area (Å²) < 4.78 is 5.24. The van der Waals surface area contributed by atoms with Crippen LogP contribution in [0.3, 0.4) is 0 Å². The molecule has 0 spiro atoms. The van der Waals surface area contributed by atoms with Crippen LogP contribution in [-0.2, 0) is 9.59 Å². The highest BCUT2D eigenvalue weighted by Gasteiger charge is 2.30. The standard InChI is InChI=1S/C18H15N5O4/c1-11-15(21-23-16(11)24)17(25)22-20-9-12-4-6-14(7-5-12)27-18(26)13-3-2-8-19-10-13/h2-11H,1H3,(H,22,25)(H,23,24). The van der Waals surface area contributed by atoms with Gasteiger partial charge in [0.15, 0.2) is 0 Å². The van der Waals surface area contributed by atoms with Gasteiger partial charge in [0.25, 0.3) is 5.91 Å². The van der Waals surface area contributed by atoms with Crippen LogP contribution in [0.2, 0.25) is 0 Å². The molecule has 136 valence electrons. The minimum absolute atomic E-state index is 0.0785. The first-order valence-corrected chi connectivity index (χ1v) is 7.97. The Morgan fingerprint density at radius 2 is 2.04 bits per heavy atom. The van der Waals surface area contributed by atoms with Gasteiger partial charge in [-0.15, -0.1) is 0 Å². The number of nitrogens with one attached hydrogen (secondary N) is 2. The summed E-state index contributed by atoms with van der Waals surface area (Å²) in [5.74, 6) is -1.65. The van der Waals surface area contributed by atoms with Gasteiger partial charge >= 0.3 is 5.97 Å². The number of amides is 2. The van der Waals surface area contributed by atoms with Crippen molar-refractivity contribution in [3.8, 4) is 5.75 Å². The van der Waals surface area contributed by atoms with Gasteiger partial charge in [0, 0.05) is 12.4 Å².